The standard InChI is InChI=1S/C16H20F3NO4S/c1-2-24-15(21)11-7-9-12(10-8-11)25(22,23)20-14-6-4-3-5-13(14)16(17,18)19/h7-10,13-14,20H,2-6H2,1H3/t13-,14-/m1/s1. The first-order chi connectivity index (χ1) is 11.6. The van der Waals surface area contributed by atoms with Crippen molar-refractivity contribution in [3.8, 4) is 0 Å². The minimum absolute atomic E-state index is 0.0848. The zero-order valence-corrected chi connectivity index (χ0v) is 14.5. The Kier molecular flexibility index (Phi) is 6.10. The molecule has 0 aliphatic heterocycles. The molecule has 1 fully saturated rings. The van der Waals surface area contributed by atoms with Crippen molar-refractivity contribution in [3.63, 3.8) is 0 Å². The van der Waals surface area contributed by atoms with Gasteiger partial charge in [-0.3, -0.25) is 0 Å². The molecule has 25 heavy (non-hydrogen) atoms. The number of carbonyl (C=O) groups is 1. The van der Waals surface area contributed by atoms with Gasteiger partial charge in [-0.15, -0.1) is 0 Å². The highest BCUT2D eigenvalue weighted by atomic mass is 32.2. The molecule has 0 bridgehead atoms. The van der Waals surface area contributed by atoms with Gasteiger partial charge in [0.15, 0.2) is 0 Å². The molecule has 9 heteroatoms. The molecule has 1 N–H and O–H groups in total. The summed E-state index contributed by atoms with van der Waals surface area (Å²) in [5.74, 6) is -2.28. The topological polar surface area (TPSA) is 72.5 Å². The van der Waals surface area contributed by atoms with E-state index in [9.17, 15) is 26.4 Å². The number of carbonyl (C=O) groups excluding carboxylic acids is 1. The number of rotatable bonds is 5. The largest absolute Gasteiger partial charge is 0.462 e. The van der Waals surface area contributed by atoms with Gasteiger partial charge >= 0.3 is 12.1 Å². The molecule has 1 aromatic carbocycles. The van der Waals surface area contributed by atoms with E-state index >= 15 is 0 Å². The zero-order chi connectivity index (χ0) is 18.7. The third kappa shape index (κ3) is 4.94. The van der Waals surface area contributed by atoms with Crippen LogP contribution in [0.4, 0.5) is 13.2 Å². The van der Waals surface area contributed by atoms with E-state index in [2.05, 4.69) is 4.72 Å². The van der Waals surface area contributed by atoms with E-state index < -0.39 is 34.1 Å². The van der Waals surface area contributed by atoms with Gasteiger partial charge in [-0.2, -0.15) is 13.2 Å². The molecular weight excluding hydrogens is 359 g/mol. The minimum atomic E-state index is -4.44. The molecule has 1 aromatic rings. The molecule has 0 radical (unpaired) electrons. The number of benzene rings is 1. The van der Waals surface area contributed by atoms with E-state index in [-0.39, 0.29) is 29.9 Å². The SMILES string of the molecule is CCOC(=O)c1ccc(S(=O)(=O)N[C@@H]2CCCC[C@H]2C(F)(F)F)cc1. The monoisotopic (exact) mass is 379 g/mol. The third-order valence-electron chi connectivity index (χ3n) is 4.17. The van der Waals surface area contributed by atoms with E-state index in [1.54, 1.807) is 6.92 Å². The van der Waals surface area contributed by atoms with Crippen LogP contribution in [-0.2, 0) is 14.8 Å². The first-order valence-electron chi connectivity index (χ1n) is 8.01. The number of hydrogen-bond acceptors (Lipinski definition) is 4. The van der Waals surface area contributed by atoms with Gasteiger partial charge < -0.3 is 4.74 Å². The molecule has 1 saturated carbocycles. The zero-order valence-electron chi connectivity index (χ0n) is 13.7. The first kappa shape index (κ1) is 19.7. The normalized spacial score (nSPS) is 21.8. The highest BCUT2D eigenvalue weighted by Crippen LogP contribution is 2.38. The molecule has 0 heterocycles. The first-order valence-corrected chi connectivity index (χ1v) is 9.49. The lowest BCUT2D eigenvalue weighted by molar-refractivity contribution is -0.187. The highest BCUT2D eigenvalue weighted by Gasteiger charge is 2.46. The van der Waals surface area contributed by atoms with Gasteiger partial charge in [0.05, 0.1) is 23.0 Å². The maximum Gasteiger partial charge on any atom is 0.393 e. The van der Waals surface area contributed by atoms with E-state index in [4.69, 9.17) is 4.74 Å². The fourth-order valence-corrected chi connectivity index (χ4v) is 4.23. The summed E-state index contributed by atoms with van der Waals surface area (Å²) in [4.78, 5) is 11.4. The predicted molar refractivity (Wildman–Crippen MR) is 84.5 cm³/mol. The Morgan fingerprint density at radius 2 is 1.80 bits per heavy atom. The maximum absolute atomic E-state index is 13.1. The van der Waals surface area contributed by atoms with Crippen LogP contribution >= 0.6 is 0 Å². The lowest BCUT2D eigenvalue weighted by Crippen LogP contribution is -2.47. The number of sulfonamides is 1. The van der Waals surface area contributed by atoms with E-state index in [1.807, 2.05) is 0 Å². The summed E-state index contributed by atoms with van der Waals surface area (Å²) >= 11 is 0. The van der Waals surface area contributed by atoms with Crippen LogP contribution in [-0.4, -0.2) is 33.2 Å². The van der Waals surface area contributed by atoms with Crippen molar-refractivity contribution in [3.05, 3.63) is 29.8 Å². The Balaban J connectivity index is 2.16. The molecule has 2 rings (SSSR count). The lowest BCUT2D eigenvalue weighted by atomic mass is 9.85. The average Bonchev–Trinajstić information content (AvgIpc) is 2.54. The maximum atomic E-state index is 13.1. The fraction of sp³-hybridized carbons (Fsp3) is 0.562. The van der Waals surface area contributed by atoms with Crippen LogP contribution in [0.1, 0.15) is 43.0 Å². The van der Waals surface area contributed by atoms with Crippen LogP contribution in [0, 0.1) is 5.92 Å². The predicted octanol–water partition coefficient (Wildman–Crippen LogP) is 3.26. The Labute approximate surface area is 144 Å². The lowest BCUT2D eigenvalue weighted by Gasteiger charge is -2.33. The smallest absolute Gasteiger partial charge is 0.393 e. The molecule has 0 spiro atoms. The highest BCUT2D eigenvalue weighted by molar-refractivity contribution is 7.89. The van der Waals surface area contributed by atoms with Crippen LogP contribution in [0.15, 0.2) is 29.2 Å². The van der Waals surface area contributed by atoms with Crippen molar-refractivity contribution in [2.45, 2.75) is 49.7 Å². The molecule has 0 unspecified atom stereocenters. The Hall–Kier alpha value is -1.61. The number of ether oxygens (including phenoxy) is 1. The summed E-state index contributed by atoms with van der Waals surface area (Å²) in [6.07, 6.45) is -3.41. The minimum Gasteiger partial charge on any atom is -0.462 e. The molecule has 140 valence electrons. The van der Waals surface area contributed by atoms with Crippen molar-refractivity contribution in [2.24, 2.45) is 5.92 Å². The van der Waals surface area contributed by atoms with Crippen LogP contribution in [0.5, 0.6) is 0 Å². The number of alkyl halides is 3. The second kappa shape index (κ2) is 7.74. The van der Waals surface area contributed by atoms with Gasteiger partial charge in [0.25, 0.3) is 0 Å². The van der Waals surface area contributed by atoms with Gasteiger partial charge in [0, 0.05) is 6.04 Å². The number of esters is 1. The van der Waals surface area contributed by atoms with Gasteiger partial charge in [0.1, 0.15) is 0 Å². The Morgan fingerprint density at radius 3 is 2.36 bits per heavy atom. The van der Waals surface area contributed by atoms with Crippen molar-refractivity contribution in [1.29, 1.82) is 0 Å². The third-order valence-corrected chi connectivity index (χ3v) is 5.67. The molecule has 1 aliphatic carbocycles. The van der Waals surface area contributed by atoms with E-state index in [0.29, 0.717) is 12.8 Å². The van der Waals surface area contributed by atoms with Crippen LogP contribution in [0.25, 0.3) is 0 Å². The van der Waals surface area contributed by atoms with Crippen LogP contribution < -0.4 is 4.72 Å². The average molecular weight is 379 g/mol. The summed E-state index contributed by atoms with van der Waals surface area (Å²) in [5, 5.41) is 0. The molecular formula is C16H20F3NO4S. The van der Waals surface area contributed by atoms with Crippen molar-refractivity contribution in [2.75, 3.05) is 6.61 Å². The number of hydrogen-bond donors (Lipinski definition) is 1. The summed E-state index contributed by atoms with van der Waals surface area (Å²) in [6.45, 7) is 1.82. The van der Waals surface area contributed by atoms with Gasteiger partial charge in [0.2, 0.25) is 10.0 Å². The summed E-state index contributed by atoms with van der Waals surface area (Å²) in [7, 11) is -4.11. The Bertz CT molecular complexity index is 701. The van der Waals surface area contributed by atoms with Crippen molar-refractivity contribution >= 4 is 16.0 Å². The van der Waals surface area contributed by atoms with Gasteiger partial charge in [-0.05, 0) is 44.0 Å². The van der Waals surface area contributed by atoms with Crippen molar-refractivity contribution < 1.29 is 31.1 Å². The molecule has 0 aromatic heterocycles. The summed E-state index contributed by atoms with van der Waals surface area (Å²) in [6, 6.07) is 3.73. The van der Waals surface area contributed by atoms with Gasteiger partial charge in [-0.1, -0.05) is 12.8 Å². The second-order valence-corrected chi connectivity index (χ2v) is 7.62. The molecule has 0 amide bonds. The summed E-state index contributed by atoms with van der Waals surface area (Å²) < 4.78 is 71.0. The van der Waals surface area contributed by atoms with Crippen molar-refractivity contribution in [1.82, 2.24) is 4.72 Å². The van der Waals surface area contributed by atoms with Crippen LogP contribution in [0.2, 0.25) is 0 Å². The summed E-state index contributed by atoms with van der Waals surface area (Å²) in [5.41, 5.74) is 0.173. The fourth-order valence-electron chi connectivity index (χ4n) is 2.92. The van der Waals surface area contributed by atoms with Gasteiger partial charge in [-0.25, -0.2) is 17.9 Å². The molecule has 0 saturated heterocycles. The molecule has 1 aliphatic rings. The molecule has 2 atom stereocenters. The number of nitrogens with one attached hydrogen (secondary N) is 1. The quantitative estimate of drug-likeness (QED) is 0.797. The van der Waals surface area contributed by atoms with Crippen LogP contribution in [0.3, 0.4) is 0 Å². The second-order valence-electron chi connectivity index (χ2n) is 5.91. The van der Waals surface area contributed by atoms with E-state index in [1.165, 1.54) is 24.3 Å². The van der Waals surface area contributed by atoms with E-state index in [0.717, 1.165) is 0 Å². The Morgan fingerprint density at radius 1 is 1.20 bits per heavy atom. The number of halogens is 3. The molecule has 5 nitrogen and oxygen atoms in total.